The van der Waals surface area contributed by atoms with Crippen LogP contribution in [-0.4, -0.2) is 82.7 Å². The highest BCUT2D eigenvalue weighted by Gasteiger charge is 2.46. The van der Waals surface area contributed by atoms with Crippen LogP contribution in [0.4, 0.5) is 14.6 Å². The first-order valence-corrected chi connectivity index (χ1v) is 15.2. The molecule has 2 aliphatic heterocycles. The molecular formula is C33H34F2N6O3. The van der Waals surface area contributed by atoms with Crippen molar-refractivity contribution in [3.63, 3.8) is 0 Å². The molecule has 11 heteroatoms. The van der Waals surface area contributed by atoms with E-state index in [-0.39, 0.29) is 60.3 Å². The number of fused-ring (bicyclic) bond motifs is 4. The minimum absolute atomic E-state index is 0.00958. The number of likely N-dealkylation sites (N-methyl/N-ethyl adjacent to an activating group) is 1. The van der Waals surface area contributed by atoms with Crippen LogP contribution in [0.15, 0.2) is 36.7 Å². The molecule has 9 nitrogen and oxygen atoms in total. The first-order valence-electron chi connectivity index (χ1n) is 15.2. The largest absolute Gasteiger partial charge is 0.507 e. The first-order chi connectivity index (χ1) is 21.2. The molecule has 3 heterocycles. The van der Waals surface area contributed by atoms with Gasteiger partial charge in [0.25, 0.3) is 5.91 Å². The maximum atomic E-state index is 16.7. The lowest BCUT2D eigenvalue weighted by atomic mass is 9.92. The van der Waals surface area contributed by atoms with Gasteiger partial charge in [-0.15, -0.1) is 0 Å². The molecule has 2 aliphatic carbocycles. The van der Waals surface area contributed by atoms with E-state index in [0.717, 1.165) is 37.8 Å². The Morgan fingerprint density at radius 1 is 1.25 bits per heavy atom. The number of phenols is 1. The van der Waals surface area contributed by atoms with Crippen molar-refractivity contribution in [3.05, 3.63) is 53.6 Å². The quantitative estimate of drug-likeness (QED) is 0.390. The molecule has 0 spiro atoms. The number of carbonyl (C=O) groups is 1. The minimum Gasteiger partial charge on any atom is -0.507 e. The lowest BCUT2D eigenvalue weighted by Gasteiger charge is -2.41. The molecule has 3 aromatic rings. The number of nitriles is 1. The average Bonchev–Trinajstić information content (AvgIpc) is 3.50. The topological polar surface area (TPSA) is 106 Å². The summed E-state index contributed by atoms with van der Waals surface area (Å²) < 4.78 is 36.6. The number of nitrogens with zero attached hydrogens (tertiary/aromatic N) is 6. The van der Waals surface area contributed by atoms with E-state index in [9.17, 15) is 19.6 Å². The van der Waals surface area contributed by atoms with Crippen molar-refractivity contribution in [3.8, 4) is 29.0 Å². The molecule has 0 unspecified atom stereocenters. The van der Waals surface area contributed by atoms with Crippen molar-refractivity contribution in [2.75, 3.05) is 44.7 Å². The first kappa shape index (κ1) is 28.5. The van der Waals surface area contributed by atoms with Crippen molar-refractivity contribution in [2.45, 2.75) is 50.1 Å². The van der Waals surface area contributed by atoms with Crippen molar-refractivity contribution in [1.82, 2.24) is 19.8 Å². The number of ether oxygens (including phenoxy) is 1. The van der Waals surface area contributed by atoms with Gasteiger partial charge in [0.05, 0.1) is 24.1 Å². The maximum Gasteiger partial charge on any atom is 0.319 e. The number of aromatic hydroxyl groups is 1. The molecule has 0 bridgehead atoms. The Morgan fingerprint density at radius 2 is 2.09 bits per heavy atom. The zero-order valence-corrected chi connectivity index (χ0v) is 24.6. The summed E-state index contributed by atoms with van der Waals surface area (Å²) in [5.74, 6) is -1.41. The molecule has 7 rings (SSSR count). The highest BCUT2D eigenvalue weighted by molar-refractivity contribution is 5.97. The van der Waals surface area contributed by atoms with Gasteiger partial charge in [0, 0.05) is 31.1 Å². The van der Waals surface area contributed by atoms with Crippen LogP contribution >= 0.6 is 0 Å². The van der Waals surface area contributed by atoms with Gasteiger partial charge in [-0.2, -0.15) is 15.2 Å². The predicted octanol–water partition coefficient (Wildman–Crippen LogP) is 4.69. The second kappa shape index (κ2) is 11.0. The lowest BCUT2D eigenvalue weighted by molar-refractivity contribution is -0.131. The van der Waals surface area contributed by atoms with Gasteiger partial charge < -0.3 is 24.5 Å². The summed E-state index contributed by atoms with van der Waals surface area (Å²) in [7, 11) is 2.03. The van der Waals surface area contributed by atoms with E-state index >= 15 is 4.39 Å². The number of hydrogen-bond donors (Lipinski definition) is 1. The van der Waals surface area contributed by atoms with Crippen LogP contribution in [0, 0.1) is 23.1 Å². The molecule has 2 aromatic carbocycles. The fourth-order valence-corrected chi connectivity index (χ4v) is 7.38. The van der Waals surface area contributed by atoms with Crippen LogP contribution in [0.3, 0.4) is 0 Å². The van der Waals surface area contributed by atoms with Crippen molar-refractivity contribution in [2.24, 2.45) is 5.92 Å². The molecule has 1 aromatic heterocycles. The van der Waals surface area contributed by atoms with Crippen molar-refractivity contribution < 1.29 is 23.4 Å². The van der Waals surface area contributed by atoms with E-state index in [1.54, 1.807) is 0 Å². The smallest absolute Gasteiger partial charge is 0.319 e. The molecule has 228 valence electrons. The SMILES string of the molecule is C=C(F)C(=O)N1CCN(c2nc(OC[C@@H]3CCCN3C)nc3c(F)c(-c4cccc5c4C[C@@H]4C[C@H]54)c(O)cc23)C[C@@H]1CC#N. The third kappa shape index (κ3) is 4.81. The number of phenolic OH excluding ortho intramolecular Hbond substituents is 1. The number of piperazine rings is 1. The number of aromatic nitrogens is 2. The van der Waals surface area contributed by atoms with Gasteiger partial charge in [-0.3, -0.25) is 4.79 Å². The van der Waals surface area contributed by atoms with Crippen LogP contribution in [-0.2, 0) is 11.2 Å². The molecule has 0 radical (unpaired) electrons. The molecule has 4 aliphatic rings. The molecule has 4 atom stereocenters. The summed E-state index contributed by atoms with van der Waals surface area (Å²) in [6.07, 6.45) is 4.00. The van der Waals surface area contributed by atoms with Gasteiger partial charge in [-0.05, 0) is 73.9 Å². The fraction of sp³-hybridized carbons (Fsp3) is 0.455. The van der Waals surface area contributed by atoms with Gasteiger partial charge >= 0.3 is 6.01 Å². The normalized spacial score (nSPS) is 24.2. The summed E-state index contributed by atoms with van der Waals surface area (Å²) in [4.78, 5) is 27.0. The summed E-state index contributed by atoms with van der Waals surface area (Å²) in [6, 6.07) is 8.97. The Bertz CT molecular complexity index is 1720. The van der Waals surface area contributed by atoms with Gasteiger partial charge in [-0.25, -0.2) is 8.78 Å². The molecule has 2 saturated heterocycles. The molecule has 1 saturated carbocycles. The third-order valence-corrected chi connectivity index (χ3v) is 9.82. The van der Waals surface area contributed by atoms with E-state index in [1.807, 2.05) is 24.1 Å². The van der Waals surface area contributed by atoms with E-state index in [4.69, 9.17) is 4.74 Å². The van der Waals surface area contributed by atoms with Gasteiger partial charge in [0.2, 0.25) is 0 Å². The number of carbonyl (C=O) groups excluding carboxylic acids is 1. The third-order valence-electron chi connectivity index (χ3n) is 9.82. The van der Waals surface area contributed by atoms with Gasteiger partial charge in [0.15, 0.2) is 11.6 Å². The molecular weight excluding hydrogens is 566 g/mol. The summed E-state index contributed by atoms with van der Waals surface area (Å²) in [5.41, 5.74) is 3.11. The Hall–Kier alpha value is -4.30. The van der Waals surface area contributed by atoms with E-state index in [2.05, 4.69) is 33.6 Å². The second-order valence-corrected chi connectivity index (χ2v) is 12.4. The lowest BCUT2D eigenvalue weighted by Crippen LogP contribution is -2.55. The molecule has 44 heavy (non-hydrogen) atoms. The standard InChI is InChI=1S/C33H34F2N6O3/c1-18(34)32(43)41-12-11-40(16-20(41)8-9-36)31-26-15-27(42)28(23-7-3-6-22-24-13-19(24)14-25(22)23)29(35)30(26)37-33(38-31)44-17-21-5-4-10-39(21)2/h3,6-7,15,19-21,24,42H,1,4-5,8,10-14,16-17H2,2H3/t19-,20-,21-,24-/m0/s1. The zero-order chi connectivity index (χ0) is 30.7. The van der Waals surface area contributed by atoms with Gasteiger partial charge in [-0.1, -0.05) is 24.8 Å². The van der Waals surface area contributed by atoms with E-state index < -0.39 is 23.6 Å². The molecule has 1 amide bonds. The van der Waals surface area contributed by atoms with Crippen LogP contribution in [0.2, 0.25) is 0 Å². The highest BCUT2D eigenvalue weighted by Crippen LogP contribution is 2.58. The predicted molar refractivity (Wildman–Crippen MR) is 160 cm³/mol. The Labute approximate surface area is 254 Å². The number of hydrogen-bond acceptors (Lipinski definition) is 8. The molecule has 1 N–H and O–H groups in total. The minimum atomic E-state index is -1.09. The van der Waals surface area contributed by atoms with E-state index in [1.165, 1.54) is 16.5 Å². The van der Waals surface area contributed by atoms with Crippen molar-refractivity contribution >= 4 is 22.6 Å². The monoisotopic (exact) mass is 600 g/mol. The van der Waals surface area contributed by atoms with Crippen molar-refractivity contribution in [1.29, 1.82) is 5.26 Å². The van der Waals surface area contributed by atoms with Crippen LogP contribution in [0.1, 0.15) is 42.7 Å². The Balaban J connectivity index is 1.32. The second-order valence-electron chi connectivity index (χ2n) is 12.4. The van der Waals surface area contributed by atoms with Crippen LogP contribution < -0.4 is 9.64 Å². The fourth-order valence-electron chi connectivity index (χ4n) is 7.38. The average molecular weight is 601 g/mol. The summed E-state index contributed by atoms with van der Waals surface area (Å²) >= 11 is 0. The maximum absolute atomic E-state index is 16.7. The number of amides is 1. The Morgan fingerprint density at radius 3 is 2.84 bits per heavy atom. The van der Waals surface area contributed by atoms with Crippen LogP contribution in [0.5, 0.6) is 11.8 Å². The molecule has 3 fully saturated rings. The number of halogens is 2. The number of anilines is 1. The zero-order valence-electron chi connectivity index (χ0n) is 24.6. The number of benzene rings is 2. The number of likely N-dealkylation sites (tertiary alicyclic amines) is 1. The Kier molecular flexibility index (Phi) is 7.12. The number of rotatable bonds is 7. The van der Waals surface area contributed by atoms with Gasteiger partial charge in [0.1, 0.15) is 23.7 Å². The van der Waals surface area contributed by atoms with Crippen LogP contribution in [0.25, 0.3) is 22.0 Å². The summed E-state index contributed by atoms with van der Waals surface area (Å²) in [6.45, 7) is 4.91. The highest BCUT2D eigenvalue weighted by atomic mass is 19.1. The van der Waals surface area contributed by atoms with E-state index in [0.29, 0.717) is 29.8 Å². The summed E-state index contributed by atoms with van der Waals surface area (Å²) in [5, 5.41) is 21.1.